The number of nitrogens with zero attached hydrogens (tertiary/aromatic N) is 2. The minimum atomic E-state index is -0.469. The first kappa shape index (κ1) is 18.4. The van der Waals surface area contributed by atoms with Crippen LogP contribution in [0.2, 0.25) is 0 Å². The Bertz CT molecular complexity index is 739. The third kappa shape index (κ3) is 3.23. The van der Waals surface area contributed by atoms with E-state index in [1.54, 1.807) is 13.3 Å². The summed E-state index contributed by atoms with van der Waals surface area (Å²) >= 11 is 0. The number of piperidine rings is 3. The van der Waals surface area contributed by atoms with Crippen molar-refractivity contribution in [1.82, 2.24) is 9.88 Å². The first-order chi connectivity index (χ1) is 11.7. The summed E-state index contributed by atoms with van der Waals surface area (Å²) in [5.41, 5.74) is 1.89. The van der Waals surface area contributed by atoms with Crippen LogP contribution in [0.3, 0.4) is 0 Å². The number of ether oxygens (including phenoxy) is 1. The Hall–Kier alpha value is -1.36. The average molecular weight is 363 g/mol. The summed E-state index contributed by atoms with van der Waals surface area (Å²) in [7, 11) is 1.67. The topological polar surface area (TPSA) is 45.6 Å². The Balaban J connectivity index is 0.00000182. The lowest BCUT2D eigenvalue weighted by Gasteiger charge is -2.51. The van der Waals surface area contributed by atoms with Gasteiger partial charge in [0.05, 0.1) is 18.7 Å². The maximum atomic E-state index is 11.2. The molecule has 5 atom stereocenters. The molecule has 1 aromatic heterocycles. The third-order valence-electron chi connectivity index (χ3n) is 6.13. The highest BCUT2D eigenvalue weighted by atomic mass is 35.5. The average Bonchev–Trinajstić information content (AvgIpc) is 2.66. The monoisotopic (exact) mass is 362 g/mol. The Morgan fingerprint density at radius 2 is 2.20 bits per heavy atom. The Morgan fingerprint density at radius 3 is 2.88 bits per heavy atom. The summed E-state index contributed by atoms with van der Waals surface area (Å²) in [5, 5.41) is 12.2. The van der Waals surface area contributed by atoms with Gasteiger partial charge in [-0.2, -0.15) is 0 Å². The van der Waals surface area contributed by atoms with Crippen molar-refractivity contribution < 1.29 is 9.84 Å². The maximum absolute atomic E-state index is 11.2. The van der Waals surface area contributed by atoms with Crippen molar-refractivity contribution in [2.75, 3.05) is 20.2 Å². The van der Waals surface area contributed by atoms with Crippen molar-refractivity contribution in [2.45, 2.75) is 38.3 Å². The predicted octanol–water partition coefficient (Wildman–Crippen LogP) is 3.82. The van der Waals surface area contributed by atoms with E-state index in [0.717, 1.165) is 53.6 Å². The number of halogens is 1. The molecule has 5 heteroatoms. The number of pyridine rings is 1. The number of fused-ring (bicyclic) bond motifs is 4. The Kier molecular flexibility index (Phi) is 5.52. The van der Waals surface area contributed by atoms with Gasteiger partial charge in [0, 0.05) is 24.2 Å². The number of aliphatic hydroxyl groups is 1. The molecule has 0 amide bonds. The molecule has 2 bridgehead atoms. The molecular weight excluding hydrogens is 336 g/mol. The third-order valence-corrected chi connectivity index (χ3v) is 6.13. The summed E-state index contributed by atoms with van der Waals surface area (Å²) in [4.78, 5) is 6.94. The van der Waals surface area contributed by atoms with Crippen LogP contribution in [0.15, 0.2) is 30.5 Å². The zero-order chi connectivity index (χ0) is 16.7. The molecule has 1 N–H and O–H groups in total. The van der Waals surface area contributed by atoms with Gasteiger partial charge in [0.25, 0.3) is 0 Å². The van der Waals surface area contributed by atoms with E-state index in [1.165, 1.54) is 12.8 Å². The molecule has 2 unspecified atom stereocenters. The molecule has 2 aromatic rings. The van der Waals surface area contributed by atoms with Crippen molar-refractivity contribution in [3.05, 3.63) is 36.0 Å². The molecule has 3 aliphatic rings. The van der Waals surface area contributed by atoms with Crippen LogP contribution in [0, 0.1) is 11.8 Å². The van der Waals surface area contributed by atoms with Gasteiger partial charge >= 0.3 is 0 Å². The number of aromatic nitrogens is 1. The lowest BCUT2D eigenvalue weighted by molar-refractivity contribution is -0.0562. The zero-order valence-corrected chi connectivity index (χ0v) is 15.7. The highest BCUT2D eigenvalue weighted by Gasteiger charge is 2.42. The predicted molar refractivity (Wildman–Crippen MR) is 102 cm³/mol. The second kappa shape index (κ2) is 7.48. The largest absolute Gasteiger partial charge is 0.497 e. The summed E-state index contributed by atoms with van der Waals surface area (Å²) in [6.45, 7) is 4.55. The standard InChI is InChI=1S/C20H26N2O2.ClH/c1-3-13-12-22-9-7-14(13)10-19(22)20(23)16-6-8-21-18-5-4-15(24-2)11-17(16)18;/h4-6,8,11,13-14,19-20,23H,3,7,9-10,12H2,1-2H3;1H/t13-,14?,19+,20-;/m0./s1. The van der Waals surface area contributed by atoms with E-state index in [-0.39, 0.29) is 18.4 Å². The van der Waals surface area contributed by atoms with Gasteiger partial charge in [-0.05, 0) is 61.1 Å². The molecule has 0 aliphatic carbocycles. The molecule has 25 heavy (non-hydrogen) atoms. The van der Waals surface area contributed by atoms with E-state index >= 15 is 0 Å². The van der Waals surface area contributed by atoms with E-state index in [0.29, 0.717) is 0 Å². The minimum Gasteiger partial charge on any atom is -0.497 e. The van der Waals surface area contributed by atoms with Crippen LogP contribution < -0.4 is 4.74 Å². The van der Waals surface area contributed by atoms with Crippen molar-refractivity contribution >= 4 is 23.3 Å². The highest BCUT2D eigenvalue weighted by molar-refractivity contribution is 5.85. The molecule has 3 fully saturated rings. The van der Waals surface area contributed by atoms with Crippen LogP contribution in [0.1, 0.15) is 37.9 Å². The molecule has 3 saturated heterocycles. The lowest BCUT2D eigenvalue weighted by Crippen LogP contribution is -2.55. The van der Waals surface area contributed by atoms with Gasteiger partial charge in [0.15, 0.2) is 0 Å². The van der Waals surface area contributed by atoms with Gasteiger partial charge in [-0.3, -0.25) is 9.88 Å². The van der Waals surface area contributed by atoms with Crippen molar-refractivity contribution in [2.24, 2.45) is 11.8 Å². The van der Waals surface area contributed by atoms with Crippen LogP contribution in [-0.2, 0) is 0 Å². The first-order valence-electron chi connectivity index (χ1n) is 9.06. The summed E-state index contributed by atoms with van der Waals surface area (Å²) in [6, 6.07) is 8.07. The maximum Gasteiger partial charge on any atom is 0.119 e. The van der Waals surface area contributed by atoms with E-state index < -0.39 is 6.10 Å². The lowest BCUT2D eigenvalue weighted by atomic mass is 9.72. The molecule has 1 aromatic carbocycles. The number of aliphatic hydroxyl groups excluding tert-OH is 1. The molecule has 136 valence electrons. The molecule has 3 aliphatic heterocycles. The first-order valence-corrected chi connectivity index (χ1v) is 9.06. The minimum absolute atomic E-state index is 0. The van der Waals surface area contributed by atoms with Gasteiger partial charge < -0.3 is 9.84 Å². The van der Waals surface area contributed by atoms with E-state index in [2.05, 4.69) is 16.8 Å². The summed E-state index contributed by atoms with van der Waals surface area (Å²) in [6.07, 6.45) is 4.97. The van der Waals surface area contributed by atoms with Crippen LogP contribution in [-0.4, -0.2) is 41.2 Å². The Labute approximate surface area is 155 Å². The molecular formula is C20H27ClN2O2. The van der Waals surface area contributed by atoms with Crippen LogP contribution >= 0.6 is 12.4 Å². The fraction of sp³-hybridized carbons (Fsp3) is 0.550. The van der Waals surface area contributed by atoms with Gasteiger partial charge in [0.1, 0.15) is 5.75 Å². The fourth-order valence-corrected chi connectivity index (χ4v) is 4.71. The van der Waals surface area contributed by atoms with Crippen LogP contribution in [0.4, 0.5) is 0 Å². The van der Waals surface area contributed by atoms with Crippen LogP contribution in [0.5, 0.6) is 5.75 Å². The summed E-state index contributed by atoms with van der Waals surface area (Å²) in [5.74, 6) is 2.37. The molecule has 4 heterocycles. The van der Waals surface area contributed by atoms with Crippen molar-refractivity contribution in [3.8, 4) is 5.75 Å². The second-order valence-corrected chi connectivity index (χ2v) is 7.24. The molecule has 0 radical (unpaired) electrons. The van der Waals surface area contributed by atoms with E-state index in [9.17, 15) is 5.11 Å². The smallest absolute Gasteiger partial charge is 0.119 e. The van der Waals surface area contributed by atoms with Gasteiger partial charge in [-0.15, -0.1) is 12.4 Å². The molecule has 5 rings (SSSR count). The number of methoxy groups -OCH3 is 1. The molecule has 4 nitrogen and oxygen atoms in total. The van der Waals surface area contributed by atoms with Crippen molar-refractivity contribution in [3.63, 3.8) is 0 Å². The summed E-state index contributed by atoms with van der Waals surface area (Å²) < 4.78 is 5.36. The van der Waals surface area contributed by atoms with Crippen LogP contribution in [0.25, 0.3) is 10.9 Å². The van der Waals surface area contributed by atoms with Crippen molar-refractivity contribution in [1.29, 1.82) is 0 Å². The fourth-order valence-electron chi connectivity index (χ4n) is 4.71. The zero-order valence-electron chi connectivity index (χ0n) is 14.9. The number of hydrogen-bond acceptors (Lipinski definition) is 4. The molecule has 0 spiro atoms. The van der Waals surface area contributed by atoms with E-state index in [1.807, 2.05) is 24.3 Å². The number of hydrogen-bond donors (Lipinski definition) is 1. The number of rotatable bonds is 4. The van der Waals surface area contributed by atoms with Gasteiger partial charge in [-0.25, -0.2) is 0 Å². The Morgan fingerprint density at radius 1 is 1.36 bits per heavy atom. The number of benzene rings is 1. The van der Waals surface area contributed by atoms with Gasteiger partial charge in [0.2, 0.25) is 0 Å². The van der Waals surface area contributed by atoms with Gasteiger partial charge in [-0.1, -0.05) is 13.3 Å². The highest BCUT2D eigenvalue weighted by Crippen LogP contribution is 2.42. The normalized spacial score (nSPS) is 29.2. The SMILES string of the molecule is CC[C@H]1CN2CCC1C[C@@H]2[C@@H](O)c1ccnc2ccc(OC)cc12.Cl. The van der Waals surface area contributed by atoms with E-state index in [4.69, 9.17) is 4.74 Å². The molecule has 0 saturated carbocycles. The second-order valence-electron chi connectivity index (χ2n) is 7.24. The quantitative estimate of drug-likeness (QED) is 0.898.